The van der Waals surface area contributed by atoms with Crippen LogP contribution in [0.4, 0.5) is 0 Å². The van der Waals surface area contributed by atoms with Gasteiger partial charge in [0.2, 0.25) is 11.6 Å². The molecule has 0 aliphatic heterocycles. The van der Waals surface area contributed by atoms with E-state index in [2.05, 4.69) is 15.2 Å². The molecule has 2 rings (SSSR count). The summed E-state index contributed by atoms with van der Waals surface area (Å²) in [6.45, 7) is 0. The quantitative estimate of drug-likeness (QED) is 0.288. The molecule has 0 spiro atoms. The second-order valence-corrected chi connectivity index (χ2v) is 3.48. The van der Waals surface area contributed by atoms with Gasteiger partial charge in [-0.3, -0.25) is 4.79 Å². The first kappa shape index (κ1) is 11.3. The smallest absolute Gasteiger partial charge is 0.242 e. The molecule has 1 N–H and O–H groups in total. The first-order valence-corrected chi connectivity index (χ1v) is 4.98. The third-order valence-electron chi connectivity index (χ3n) is 2.05. The Morgan fingerprint density at radius 2 is 2.18 bits per heavy atom. The van der Waals surface area contributed by atoms with Gasteiger partial charge >= 0.3 is 0 Å². The molecular weight excluding hydrogens is 244 g/mol. The van der Waals surface area contributed by atoms with Crippen LogP contribution in [0.5, 0.6) is 0 Å². The molecule has 0 amide bonds. The van der Waals surface area contributed by atoms with Crippen LogP contribution in [-0.2, 0) is 0 Å². The van der Waals surface area contributed by atoms with Gasteiger partial charge in [0.15, 0.2) is 0 Å². The summed E-state index contributed by atoms with van der Waals surface area (Å²) in [6.07, 6.45) is 2.48. The Bertz CT molecular complexity index is 565. The van der Waals surface area contributed by atoms with Gasteiger partial charge in [0.05, 0.1) is 5.02 Å². The van der Waals surface area contributed by atoms with E-state index >= 15 is 0 Å². The van der Waals surface area contributed by atoms with Gasteiger partial charge < -0.3 is 5.21 Å². The van der Waals surface area contributed by atoms with Crippen molar-refractivity contribution in [1.29, 1.82) is 0 Å². The van der Waals surface area contributed by atoms with Crippen LogP contribution in [0, 0.1) is 0 Å². The average Bonchev–Trinajstić information content (AvgIpc) is 2.84. The number of nitrogens with zero attached hydrogens (tertiary/aromatic N) is 4. The van der Waals surface area contributed by atoms with Gasteiger partial charge in [0.1, 0.15) is 12.7 Å². The van der Waals surface area contributed by atoms with E-state index in [4.69, 9.17) is 16.8 Å². The van der Waals surface area contributed by atoms with Crippen molar-refractivity contribution in [3.63, 3.8) is 0 Å². The number of halogens is 1. The van der Waals surface area contributed by atoms with Crippen LogP contribution in [0.3, 0.4) is 0 Å². The molecule has 0 aliphatic rings. The number of hydrogen-bond donors (Lipinski definition) is 1. The van der Waals surface area contributed by atoms with Crippen LogP contribution < -0.4 is 0 Å². The van der Waals surface area contributed by atoms with E-state index in [0.717, 1.165) is 4.68 Å². The second-order valence-electron chi connectivity index (χ2n) is 3.07. The lowest BCUT2D eigenvalue weighted by Crippen LogP contribution is -2.24. The minimum atomic E-state index is -0.538. The summed E-state index contributed by atoms with van der Waals surface area (Å²) in [5.74, 6) is -0.806. The molecule has 86 valence electrons. The van der Waals surface area contributed by atoms with Crippen molar-refractivity contribution in [1.82, 2.24) is 14.8 Å². The largest absolute Gasteiger partial charge is 0.409 e. The third-order valence-corrected chi connectivity index (χ3v) is 2.38. The zero-order valence-electron chi connectivity index (χ0n) is 8.49. The molecule has 0 saturated heterocycles. The van der Waals surface area contributed by atoms with E-state index in [0.29, 0.717) is 0 Å². The van der Waals surface area contributed by atoms with Gasteiger partial charge in [-0.05, 0) is 12.1 Å². The predicted molar refractivity (Wildman–Crippen MR) is 60.4 cm³/mol. The maximum Gasteiger partial charge on any atom is 0.242 e. The Kier molecular flexibility index (Phi) is 3.15. The molecule has 0 bridgehead atoms. The van der Waals surface area contributed by atoms with Crippen LogP contribution in [0.1, 0.15) is 10.4 Å². The highest BCUT2D eigenvalue weighted by molar-refractivity contribution is 6.48. The predicted octanol–water partition coefficient (Wildman–Crippen LogP) is 1.45. The maximum atomic E-state index is 12.0. The Hall–Kier alpha value is -2.21. The minimum absolute atomic E-state index is 0.234. The van der Waals surface area contributed by atoms with Crippen molar-refractivity contribution in [3.05, 3.63) is 47.5 Å². The topological polar surface area (TPSA) is 80.4 Å². The SMILES string of the molecule is O=C(C(=NO)n1cncn1)c1ccccc1Cl. The standard InChI is InChI=1S/C10H7ClN4O2/c11-8-4-2-1-3-7(8)9(16)10(14-17)15-6-12-5-13-15/h1-6,17H. The van der Waals surface area contributed by atoms with Crippen molar-refractivity contribution >= 4 is 23.2 Å². The van der Waals surface area contributed by atoms with Gasteiger partial charge in [0.25, 0.3) is 0 Å². The van der Waals surface area contributed by atoms with E-state index in [-0.39, 0.29) is 16.4 Å². The minimum Gasteiger partial charge on any atom is -0.409 e. The zero-order chi connectivity index (χ0) is 12.3. The number of carbonyl (C=O) groups is 1. The van der Waals surface area contributed by atoms with Crippen molar-refractivity contribution in [2.45, 2.75) is 0 Å². The molecule has 1 aromatic heterocycles. The summed E-state index contributed by atoms with van der Waals surface area (Å²) in [6, 6.07) is 6.47. The highest BCUT2D eigenvalue weighted by Gasteiger charge is 2.19. The molecular formula is C10H7ClN4O2. The average molecular weight is 251 g/mol. The number of ketones is 1. The maximum absolute atomic E-state index is 12.0. The summed E-state index contributed by atoms with van der Waals surface area (Å²) >= 11 is 5.88. The molecule has 0 saturated carbocycles. The summed E-state index contributed by atoms with van der Waals surface area (Å²) in [5, 5.41) is 15.8. The Morgan fingerprint density at radius 3 is 2.76 bits per heavy atom. The molecule has 0 aliphatic carbocycles. The normalized spacial score (nSPS) is 11.5. The van der Waals surface area contributed by atoms with Gasteiger partial charge in [-0.2, -0.15) is 9.78 Å². The van der Waals surface area contributed by atoms with Crippen LogP contribution in [0.15, 0.2) is 42.1 Å². The molecule has 0 unspecified atom stereocenters. The molecule has 0 fully saturated rings. The van der Waals surface area contributed by atoms with Gasteiger partial charge in [0, 0.05) is 5.56 Å². The molecule has 1 heterocycles. The van der Waals surface area contributed by atoms with Crippen molar-refractivity contribution in [2.24, 2.45) is 5.16 Å². The van der Waals surface area contributed by atoms with Gasteiger partial charge in [-0.15, -0.1) is 0 Å². The molecule has 0 atom stereocenters. The highest BCUT2D eigenvalue weighted by atomic mass is 35.5. The molecule has 2 aromatic rings. The summed E-state index contributed by atoms with van der Waals surface area (Å²) in [4.78, 5) is 15.7. The second kappa shape index (κ2) is 4.75. The van der Waals surface area contributed by atoms with Crippen LogP contribution in [0.2, 0.25) is 5.02 Å². The fraction of sp³-hybridized carbons (Fsp3) is 0. The summed E-state index contributed by atoms with van der Waals surface area (Å²) in [7, 11) is 0. The molecule has 1 aromatic carbocycles. The van der Waals surface area contributed by atoms with E-state index in [1.165, 1.54) is 18.7 Å². The zero-order valence-corrected chi connectivity index (χ0v) is 9.24. The number of Topliss-reactive ketones (excluding diaryl/α,β-unsaturated/α-hetero) is 1. The number of oxime groups is 1. The van der Waals surface area contributed by atoms with Crippen molar-refractivity contribution in [3.8, 4) is 0 Å². The number of hydrogen-bond acceptors (Lipinski definition) is 5. The number of aromatic nitrogens is 3. The van der Waals surface area contributed by atoms with E-state index in [1.807, 2.05) is 0 Å². The monoisotopic (exact) mass is 250 g/mol. The third kappa shape index (κ3) is 2.16. The molecule has 6 nitrogen and oxygen atoms in total. The molecule has 7 heteroatoms. The van der Waals surface area contributed by atoms with Crippen LogP contribution >= 0.6 is 11.6 Å². The Morgan fingerprint density at radius 1 is 1.41 bits per heavy atom. The van der Waals surface area contributed by atoms with E-state index in [9.17, 15) is 4.79 Å². The van der Waals surface area contributed by atoms with Crippen molar-refractivity contribution < 1.29 is 10.0 Å². The lowest BCUT2D eigenvalue weighted by Gasteiger charge is -2.04. The first-order chi connectivity index (χ1) is 8.24. The Balaban J connectivity index is 2.41. The van der Waals surface area contributed by atoms with Crippen LogP contribution in [-0.4, -0.2) is 31.6 Å². The number of carbonyl (C=O) groups excluding carboxylic acids is 1. The fourth-order valence-electron chi connectivity index (χ4n) is 1.28. The Labute approximate surface area is 101 Å². The van der Waals surface area contributed by atoms with Crippen LogP contribution in [0.25, 0.3) is 0 Å². The molecule has 0 radical (unpaired) electrons. The van der Waals surface area contributed by atoms with Crippen molar-refractivity contribution in [2.75, 3.05) is 0 Å². The lowest BCUT2D eigenvalue weighted by molar-refractivity contribution is 0.105. The van der Waals surface area contributed by atoms with E-state index in [1.54, 1.807) is 18.2 Å². The fourth-order valence-corrected chi connectivity index (χ4v) is 1.50. The van der Waals surface area contributed by atoms with Gasteiger partial charge in [-0.25, -0.2) is 4.98 Å². The van der Waals surface area contributed by atoms with E-state index < -0.39 is 5.78 Å². The highest BCUT2D eigenvalue weighted by Crippen LogP contribution is 2.16. The summed E-state index contributed by atoms with van der Waals surface area (Å²) in [5.41, 5.74) is 0.234. The lowest BCUT2D eigenvalue weighted by atomic mass is 10.1. The molecule has 17 heavy (non-hydrogen) atoms. The number of rotatable bonds is 2. The number of benzene rings is 1. The van der Waals surface area contributed by atoms with Gasteiger partial charge in [-0.1, -0.05) is 28.9 Å². The summed E-state index contributed by atoms with van der Waals surface area (Å²) < 4.78 is 1.06. The first-order valence-electron chi connectivity index (χ1n) is 4.60.